The van der Waals surface area contributed by atoms with E-state index in [-0.39, 0.29) is 37.3 Å². The van der Waals surface area contributed by atoms with E-state index in [4.69, 9.17) is 23.7 Å². The molecule has 0 bridgehead atoms. The second kappa shape index (κ2) is 45.7. The molecule has 0 aliphatic carbocycles. The van der Waals surface area contributed by atoms with Gasteiger partial charge in [-0.25, -0.2) is 0 Å². The van der Waals surface area contributed by atoms with E-state index in [1.54, 1.807) is 0 Å². The predicted molar refractivity (Wildman–Crippen MR) is 23.5 cm³/mol. The third-order valence-electron chi connectivity index (χ3n) is 0. The zero-order chi connectivity index (χ0) is 8.12. The van der Waals surface area contributed by atoms with E-state index < -0.39 is 47.1 Å². The third kappa shape index (κ3) is 259. The van der Waals surface area contributed by atoms with Crippen LogP contribution in [0.2, 0.25) is 0 Å². The van der Waals surface area contributed by atoms with Crippen molar-refractivity contribution >= 4 is 47.1 Å². The molecule has 0 aromatic rings. The summed E-state index contributed by atoms with van der Waals surface area (Å²) in [6, 6.07) is 0. The number of rotatable bonds is 0. The molecule has 0 aliphatic heterocycles. The zero-order valence-corrected chi connectivity index (χ0v) is 13.6. The van der Waals surface area contributed by atoms with Gasteiger partial charge in [0, 0.05) is 0 Å². The Morgan fingerprint density at radius 1 is 0.700 bits per heavy atom. The van der Waals surface area contributed by atoms with Gasteiger partial charge in [-0.05, 0) is 0 Å². The first kappa shape index (κ1) is 22.6. The van der Waals surface area contributed by atoms with Crippen molar-refractivity contribution in [1.29, 1.82) is 0 Å². The summed E-state index contributed by atoms with van der Waals surface area (Å²) in [6.45, 7) is 0. The molecule has 1 radical (unpaired) electrons. The van der Waals surface area contributed by atoms with Crippen LogP contribution >= 0.6 is 0 Å². The summed E-state index contributed by atoms with van der Waals surface area (Å²) in [6.07, 6.45) is 0. The first-order valence-electron chi connectivity index (χ1n) is 1.41. The van der Waals surface area contributed by atoms with Crippen molar-refractivity contribution < 1.29 is 61.0 Å². The molecule has 0 aromatic carbocycles. The van der Waals surface area contributed by atoms with Gasteiger partial charge in [0.1, 0.15) is 0 Å². The Labute approximate surface area is 106 Å². The van der Waals surface area contributed by atoms with E-state index in [0.717, 1.165) is 0 Å². The van der Waals surface area contributed by atoms with Crippen molar-refractivity contribution in [1.82, 2.24) is 0 Å². The normalized spacial score (nSPS) is 3.60. The van der Waals surface area contributed by atoms with Gasteiger partial charge in [-0.3, -0.25) is 0 Å². The van der Waals surface area contributed by atoms with Gasteiger partial charge in [0.15, 0.2) is 0 Å². The molecule has 0 spiro atoms. The van der Waals surface area contributed by atoms with Crippen molar-refractivity contribution in [2.45, 2.75) is 0 Å². The molecule has 10 heteroatoms. The summed E-state index contributed by atoms with van der Waals surface area (Å²) >= 11 is -6.56. The standard InChI is InChI=1S/Er.3GeHO2/c;3*2-1-3/h;3*1H/q+3;3*-1. The van der Waals surface area contributed by atoms with Crippen LogP contribution in [-0.4, -0.2) is 47.1 Å². The Bertz CT molecular complexity index is 49.7. The van der Waals surface area contributed by atoms with Gasteiger partial charge in [0.05, 0.1) is 0 Å². The molecule has 0 rings (SSSR count). The minimum atomic E-state index is -2.19. The van der Waals surface area contributed by atoms with Crippen LogP contribution in [0.25, 0.3) is 0 Å². The van der Waals surface area contributed by atoms with Crippen LogP contribution < -0.4 is 12.4 Å². The van der Waals surface area contributed by atoms with Gasteiger partial charge in [0.2, 0.25) is 0 Å². The summed E-state index contributed by atoms with van der Waals surface area (Å²) in [7, 11) is 0. The maximum absolute atomic E-state index is 8.53. The van der Waals surface area contributed by atoms with Crippen LogP contribution in [-0.2, 0) is 11.3 Å². The van der Waals surface area contributed by atoms with E-state index >= 15 is 0 Å². The molecule has 0 atom stereocenters. The van der Waals surface area contributed by atoms with Crippen molar-refractivity contribution in [3.8, 4) is 0 Å². The molecule has 0 heterocycles. The third-order valence-corrected chi connectivity index (χ3v) is 0. The topological polar surface area (TPSA) is 120 Å². The van der Waals surface area contributed by atoms with Crippen molar-refractivity contribution in [2.24, 2.45) is 0 Å². The molecule has 0 amide bonds. The molecular weight excluding hydrogens is 481 g/mol. The van der Waals surface area contributed by atoms with Crippen LogP contribution in [0.3, 0.4) is 0 Å². The molecule has 0 unspecified atom stereocenters. The Kier molecular flexibility index (Phi) is 103. The average Bonchev–Trinajstić information content (AvgIpc) is 1.70. The van der Waals surface area contributed by atoms with Crippen molar-refractivity contribution in [3.63, 3.8) is 0 Å². The fourth-order valence-electron chi connectivity index (χ4n) is 0. The minimum absolute atomic E-state index is 0. The molecule has 6 nitrogen and oxygen atoms in total. The van der Waals surface area contributed by atoms with Crippen LogP contribution in [0.15, 0.2) is 0 Å². The fraction of sp³-hybridized carbons (Fsp3) is 0. The summed E-state index contributed by atoms with van der Waals surface area (Å²) in [5.74, 6) is 0. The molecule has 0 saturated carbocycles. The van der Waals surface area contributed by atoms with Gasteiger partial charge in [-0.15, -0.1) is 0 Å². The Hall–Kier alpha value is 1.68. The fourth-order valence-corrected chi connectivity index (χ4v) is 0. The summed E-state index contributed by atoms with van der Waals surface area (Å²) < 4.78 is 51.2. The summed E-state index contributed by atoms with van der Waals surface area (Å²) in [5.41, 5.74) is 0. The second-order valence-corrected chi connectivity index (χ2v) is 1.50. The molecule has 0 aliphatic rings. The first-order valence-corrected chi connectivity index (χ1v) is 7.35. The van der Waals surface area contributed by atoms with Crippen LogP contribution in [0, 0.1) is 37.3 Å². The van der Waals surface area contributed by atoms with Crippen LogP contribution in [0.4, 0.5) is 0 Å². The predicted octanol–water partition coefficient (Wildman–Crippen LogP) is -5.87. The molecule has 10 heavy (non-hydrogen) atoms. The molecular formula is H3ErGe3O6. The molecule has 0 N–H and O–H groups in total. The molecule has 0 aromatic heterocycles. The summed E-state index contributed by atoms with van der Waals surface area (Å²) in [4.78, 5) is 0. The second-order valence-electron chi connectivity index (χ2n) is 0.289. The van der Waals surface area contributed by atoms with Crippen LogP contribution in [0.1, 0.15) is 0 Å². The van der Waals surface area contributed by atoms with Crippen molar-refractivity contribution in [2.75, 3.05) is 0 Å². The average molecular weight is 484 g/mol. The quantitative estimate of drug-likeness (QED) is 0.316. The maximum atomic E-state index is 8.53. The number of hydrogen-bond acceptors (Lipinski definition) is 6. The van der Waals surface area contributed by atoms with E-state index in [0.29, 0.717) is 0 Å². The van der Waals surface area contributed by atoms with E-state index in [2.05, 4.69) is 0 Å². The van der Waals surface area contributed by atoms with E-state index in [9.17, 15) is 0 Å². The van der Waals surface area contributed by atoms with Gasteiger partial charge in [0.25, 0.3) is 0 Å². The van der Waals surface area contributed by atoms with E-state index in [1.165, 1.54) is 0 Å². The van der Waals surface area contributed by atoms with Crippen molar-refractivity contribution in [3.05, 3.63) is 0 Å². The van der Waals surface area contributed by atoms with Gasteiger partial charge < -0.3 is 0 Å². The monoisotopic (exact) mass is 487 g/mol. The van der Waals surface area contributed by atoms with E-state index in [1.807, 2.05) is 0 Å². The molecule has 0 fully saturated rings. The summed E-state index contributed by atoms with van der Waals surface area (Å²) in [5, 5.41) is 0. The SMILES string of the molecule is [Er+3].[O]=[GeH][O-].[O]=[GeH][O-].[O]=[GeH][O-]. The molecule has 0 saturated heterocycles. The van der Waals surface area contributed by atoms with Gasteiger partial charge in [-0.2, -0.15) is 0 Å². The van der Waals surface area contributed by atoms with Gasteiger partial charge >= 0.3 is 108 Å². The Balaban J connectivity index is -0.0000000257. The Morgan fingerprint density at radius 3 is 0.700 bits per heavy atom. The number of hydrogen-bond donors (Lipinski definition) is 0. The first-order chi connectivity index (χ1) is 4.24. The van der Waals surface area contributed by atoms with Crippen LogP contribution in [0.5, 0.6) is 0 Å². The van der Waals surface area contributed by atoms with Gasteiger partial charge in [-0.1, -0.05) is 0 Å². The zero-order valence-electron chi connectivity index (χ0n) is 4.47. The molecule has 63 valence electrons. The Morgan fingerprint density at radius 2 is 0.700 bits per heavy atom.